The fourth-order valence-corrected chi connectivity index (χ4v) is 2.77. The van der Waals surface area contributed by atoms with Crippen LogP contribution in [0.1, 0.15) is 61.0 Å². The highest BCUT2D eigenvalue weighted by molar-refractivity contribution is 5.89. The van der Waals surface area contributed by atoms with Gasteiger partial charge in [0, 0.05) is 24.4 Å². The molecule has 1 aromatic rings. The molecule has 0 aromatic carbocycles. The second-order valence-corrected chi connectivity index (χ2v) is 4.54. The molecule has 1 heterocycles. The zero-order valence-electron chi connectivity index (χ0n) is 9.78. The average molecular weight is 221 g/mol. The van der Waals surface area contributed by atoms with E-state index in [1.807, 2.05) is 6.20 Å². The average Bonchev–Trinajstić information content (AvgIpc) is 2.73. The SMILES string of the molecule is CCn1ccc(C(=O)O)c1C1CCCCC1. The van der Waals surface area contributed by atoms with Gasteiger partial charge < -0.3 is 9.67 Å². The molecule has 0 spiro atoms. The Morgan fingerprint density at radius 2 is 2.12 bits per heavy atom. The lowest BCUT2D eigenvalue weighted by Crippen LogP contribution is -2.14. The molecule has 1 aromatic heterocycles. The first-order valence-corrected chi connectivity index (χ1v) is 6.16. The number of carboxylic acids is 1. The van der Waals surface area contributed by atoms with Crippen molar-refractivity contribution in [1.29, 1.82) is 0 Å². The molecule has 0 bridgehead atoms. The predicted molar refractivity (Wildman–Crippen MR) is 62.9 cm³/mol. The van der Waals surface area contributed by atoms with E-state index in [0.29, 0.717) is 11.5 Å². The predicted octanol–water partition coefficient (Wildman–Crippen LogP) is 3.25. The maximum absolute atomic E-state index is 11.2. The fraction of sp³-hybridized carbons (Fsp3) is 0.615. The Balaban J connectivity index is 2.34. The molecule has 3 nitrogen and oxygen atoms in total. The van der Waals surface area contributed by atoms with Gasteiger partial charge in [0.15, 0.2) is 0 Å². The molecule has 1 aliphatic carbocycles. The zero-order chi connectivity index (χ0) is 11.5. The fourth-order valence-electron chi connectivity index (χ4n) is 2.77. The van der Waals surface area contributed by atoms with Crippen LogP contribution in [0, 0.1) is 0 Å². The lowest BCUT2D eigenvalue weighted by atomic mass is 9.85. The lowest BCUT2D eigenvalue weighted by Gasteiger charge is -2.24. The topological polar surface area (TPSA) is 42.2 Å². The Labute approximate surface area is 96.1 Å². The highest BCUT2D eigenvalue weighted by Gasteiger charge is 2.24. The van der Waals surface area contributed by atoms with E-state index >= 15 is 0 Å². The number of aromatic carboxylic acids is 1. The van der Waals surface area contributed by atoms with E-state index in [-0.39, 0.29) is 0 Å². The van der Waals surface area contributed by atoms with Gasteiger partial charge in [0.25, 0.3) is 0 Å². The van der Waals surface area contributed by atoms with Crippen molar-refractivity contribution < 1.29 is 9.90 Å². The van der Waals surface area contributed by atoms with Crippen molar-refractivity contribution >= 4 is 5.97 Å². The normalized spacial score (nSPS) is 17.6. The number of rotatable bonds is 3. The highest BCUT2D eigenvalue weighted by atomic mass is 16.4. The van der Waals surface area contributed by atoms with E-state index in [4.69, 9.17) is 0 Å². The van der Waals surface area contributed by atoms with Crippen LogP contribution in [0.3, 0.4) is 0 Å². The summed E-state index contributed by atoms with van der Waals surface area (Å²) in [6, 6.07) is 1.75. The summed E-state index contributed by atoms with van der Waals surface area (Å²) in [5.74, 6) is -0.331. The Morgan fingerprint density at radius 1 is 1.44 bits per heavy atom. The molecule has 1 fully saturated rings. The Hall–Kier alpha value is -1.25. The van der Waals surface area contributed by atoms with Gasteiger partial charge in [-0.1, -0.05) is 19.3 Å². The van der Waals surface area contributed by atoms with Crippen LogP contribution in [0.5, 0.6) is 0 Å². The summed E-state index contributed by atoms with van der Waals surface area (Å²) in [5, 5.41) is 9.19. The molecule has 0 unspecified atom stereocenters. The summed E-state index contributed by atoms with van der Waals surface area (Å²) >= 11 is 0. The Morgan fingerprint density at radius 3 is 2.69 bits per heavy atom. The maximum Gasteiger partial charge on any atom is 0.337 e. The summed E-state index contributed by atoms with van der Waals surface area (Å²) in [6.45, 7) is 2.93. The van der Waals surface area contributed by atoms with E-state index in [9.17, 15) is 9.90 Å². The van der Waals surface area contributed by atoms with Crippen LogP contribution in [-0.2, 0) is 6.54 Å². The zero-order valence-corrected chi connectivity index (χ0v) is 9.78. The van der Waals surface area contributed by atoms with Crippen LogP contribution < -0.4 is 0 Å². The number of hydrogen-bond acceptors (Lipinski definition) is 1. The summed E-state index contributed by atoms with van der Waals surface area (Å²) in [5.41, 5.74) is 1.56. The number of aromatic nitrogens is 1. The lowest BCUT2D eigenvalue weighted by molar-refractivity contribution is 0.0694. The van der Waals surface area contributed by atoms with Gasteiger partial charge >= 0.3 is 5.97 Å². The molecule has 0 aliphatic heterocycles. The van der Waals surface area contributed by atoms with Crippen LogP contribution in [0.2, 0.25) is 0 Å². The van der Waals surface area contributed by atoms with Crippen molar-refractivity contribution in [3.05, 3.63) is 23.5 Å². The van der Waals surface area contributed by atoms with Crippen molar-refractivity contribution in [2.75, 3.05) is 0 Å². The van der Waals surface area contributed by atoms with E-state index in [1.54, 1.807) is 6.07 Å². The minimum atomic E-state index is -0.784. The molecule has 88 valence electrons. The standard InChI is InChI=1S/C13H19NO2/c1-2-14-9-8-11(13(15)16)12(14)10-6-4-3-5-7-10/h8-10H,2-7H2,1H3,(H,15,16). The third kappa shape index (κ3) is 1.99. The molecule has 3 heteroatoms. The molecule has 0 atom stereocenters. The highest BCUT2D eigenvalue weighted by Crippen LogP contribution is 2.34. The third-order valence-corrected chi connectivity index (χ3v) is 3.57. The van der Waals surface area contributed by atoms with Crippen molar-refractivity contribution in [2.45, 2.75) is 51.5 Å². The van der Waals surface area contributed by atoms with E-state index < -0.39 is 5.97 Å². The van der Waals surface area contributed by atoms with Gasteiger partial charge in [-0.05, 0) is 25.8 Å². The molecule has 16 heavy (non-hydrogen) atoms. The molecule has 1 N–H and O–H groups in total. The van der Waals surface area contributed by atoms with Crippen LogP contribution in [0.15, 0.2) is 12.3 Å². The molecular weight excluding hydrogens is 202 g/mol. The largest absolute Gasteiger partial charge is 0.478 e. The van der Waals surface area contributed by atoms with Crippen LogP contribution >= 0.6 is 0 Å². The molecule has 0 saturated heterocycles. The maximum atomic E-state index is 11.2. The second-order valence-electron chi connectivity index (χ2n) is 4.54. The third-order valence-electron chi connectivity index (χ3n) is 3.57. The number of carboxylic acid groups (broad SMARTS) is 1. The van der Waals surface area contributed by atoms with E-state index in [2.05, 4.69) is 11.5 Å². The quantitative estimate of drug-likeness (QED) is 0.851. The van der Waals surface area contributed by atoms with Crippen molar-refractivity contribution in [3.8, 4) is 0 Å². The van der Waals surface area contributed by atoms with Gasteiger partial charge in [-0.15, -0.1) is 0 Å². The van der Waals surface area contributed by atoms with Gasteiger partial charge in [-0.25, -0.2) is 4.79 Å². The number of nitrogens with zero attached hydrogens (tertiary/aromatic N) is 1. The first-order chi connectivity index (χ1) is 7.74. The van der Waals surface area contributed by atoms with Crippen LogP contribution in [-0.4, -0.2) is 15.6 Å². The van der Waals surface area contributed by atoms with Crippen molar-refractivity contribution in [3.63, 3.8) is 0 Å². The summed E-state index contributed by atoms with van der Waals surface area (Å²) in [7, 11) is 0. The second kappa shape index (κ2) is 4.73. The van der Waals surface area contributed by atoms with Crippen molar-refractivity contribution in [1.82, 2.24) is 4.57 Å². The number of aryl methyl sites for hydroxylation is 1. The van der Waals surface area contributed by atoms with Gasteiger partial charge in [0.05, 0.1) is 5.56 Å². The first-order valence-electron chi connectivity index (χ1n) is 6.16. The molecule has 1 saturated carbocycles. The van der Waals surface area contributed by atoms with Crippen LogP contribution in [0.4, 0.5) is 0 Å². The molecule has 0 radical (unpaired) electrons. The van der Waals surface area contributed by atoms with Crippen molar-refractivity contribution in [2.24, 2.45) is 0 Å². The van der Waals surface area contributed by atoms with Gasteiger partial charge in [-0.3, -0.25) is 0 Å². The number of hydrogen-bond donors (Lipinski definition) is 1. The first kappa shape index (κ1) is 11.2. The molecular formula is C13H19NO2. The van der Waals surface area contributed by atoms with Gasteiger partial charge in [-0.2, -0.15) is 0 Å². The minimum Gasteiger partial charge on any atom is -0.478 e. The van der Waals surface area contributed by atoms with Gasteiger partial charge in [0.1, 0.15) is 0 Å². The Kier molecular flexibility index (Phi) is 3.32. The summed E-state index contributed by atoms with van der Waals surface area (Å²) in [4.78, 5) is 11.2. The Bertz CT molecular complexity index is 375. The van der Waals surface area contributed by atoms with E-state index in [0.717, 1.165) is 25.1 Å². The van der Waals surface area contributed by atoms with Crippen LogP contribution in [0.25, 0.3) is 0 Å². The molecule has 0 amide bonds. The molecule has 2 rings (SSSR count). The minimum absolute atomic E-state index is 0.454. The molecule has 1 aliphatic rings. The summed E-state index contributed by atoms with van der Waals surface area (Å²) < 4.78 is 2.10. The number of carbonyl (C=O) groups is 1. The van der Waals surface area contributed by atoms with E-state index in [1.165, 1.54) is 19.3 Å². The van der Waals surface area contributed by atoms with Gasteiger partial charge in [0.2, 0.25) is 0 Å². The smallest absolute Gasteiger partial charge is 0.337 e. The monoisotopic (exact) mass is 221 g/mol. The summed E-state index contributed by atoms with van der Waals surface area (Å²) in [6.07, 6.45) is 7.96.